The lowest BCUT2D eigenvalue weighted by Gasteiger charge is -2.20. The van der Waals surface area contributed by atoms with Crippen LogP contribution in [0.15, 0.2) is 56.6 Å². The largest absolute Gasteiger partial charge is 0.507 e. The van der Waals surface area contributed by atoms with Crippen molar-refractivity contribution < 1.29 is 23.8 Å². The number of anilines is 1. The summed E-state index contributed by atoms with van der Waals surface area (Å²) in [5.41, 5.74) is 1.73. The van der Waals surface area contributed by atoms with E-state index < -0.39 is 17.7 Å². The van der Waals surface area contributed by atoms with Gasteiger partial charge in [0.25, 0.3) is 5.78 Å². The van der Waals surface area contributed by atoms with Crippen molar-refractivity contribution in [2.45, 2.75) is 6.04 Å². The first-order valence-electron chi connectivity index (χ1n) is 7.98. The van der Waals surface area contributed by atoms with E-state index in [4.69, 9.17) is 9.15 Å². The molecule has 0 saturated carbocycles. The topological polar surface area (TPSA) is 106 Å². The summed E-state index contributed by atoms with van der Waals surface area (Å²) < 4.78 is 11.1. The number of furan rings is 1. The van der Waals surface area contributed by atoms with Crippen LogP contribution in [0.5, 0.6) is 5.75 Å². The predicted octanol–water partition coefficient (Wildman–Crippen LogP) is 3.53. The first kappa shape index (κ1) is 18.4. The summed E-state index contributed by atoms with van der Waals surface area (Å²) in [4.78, 5) is 26.7. The molecular formula is C18H12BrN3O5S. The number of aromatic nitrogens is 2. The monoisotopic (exact) mass is 461 g/mol. The number of aliphatic hydroxyl groups is 1. The number of ketones is 1. The number of methoxy groups -OCH3 is 1. The van der Waals surface area contributed by atoms with Crippen molar-refractivity contribution in [3.63, 3.8) is 0 Å². The zero-order valence-corrected chi connectivity index (χ0v) is 16.7. The highest BCUT2D eigenvalue weighted by Crippen LogP contribution is 2.43. The fourth-order valence-electron chi connectivity index (χ4n) is 2.95. The van der Waals surface area contributed by atoms with Gasteiger partial charge in [-0.15, -0.1) is 10.2 Å². The zero-order valence-electron chi connectivity index (χ0n) is 14.3. The molecule has 0 spiro atoms. The Morgan fingerprint density at radius 2 is 2.00 bits per heavy atom. The van der Waals surface area contributed by atoms with Crippen molar-refractivity contribution in [1.29, 1.82) is 0 Å². The van der Waals surface area contributed by atoms with Crippen LogP contribution in [0, 0.1) is 0 Å². The summed E-state index contributed by atoms with van der Waals surface area (Å²) >= 11 is 4.33. The molecule has 3 aromatic rings. The number of ether oxygens (including phenoxy) is 1. The number of benzene rings is 1. The fraction of sp³-hybridized carbons (Fsp3) is 0.111. The molecule has 0 bridgehead atoms. The summed E-state index contributed by atoms with van der Waals surface area (Å²) in [6, 6.07) is 8.78. The number of carbonyl (C=O) groups is 2. The minimum absolute atomic E-state index is 0.0905. The van der Waals surface area contributed by atoms with Gasteiger partial charge in [0.15, 0.2) is 4.67 Å². The molecule has 4 rings (SSSR count). The highest BCUT2D eigenvalue weighted by Gasteiger charge is 2.49. The highest BCUT2D eigenvalue weighted by molar-refractivity contribution is 9.10. The van der Waals surface area contributed by atoms with E-state index in [-0.39, 0.29) is 16.5 Å². The number of hydrogen-bond acceptors (Lipinski definition) is 8. The van der Waals surface area contributed by atoms with Gasteiger partial charge in [0.2, 0.25) is 5.13 Å². The van der Waals surface area contributed by atoms with Gasteiger partial charge in [0, 0.05) is 5.56 Å². The van der Waals surface area contributed by atoms with Crippen LogP contribution in [-0.2, 0) is 9.59 Å². The normalized spacial score (nSPS) is 18.6. The van der Waals surface area contributed by atoms with Crippen LogP contribution in [-0.4, -0.2) is 34.1 Å². The molecule has 142 valence electrons. The molecular weight excluding hydrogens is 450 g/mol. The number of halogens is 1. The van der Waals surface area contributed by atoms with Crippen LogP contribution in [0.25, 0.3) is 5.76 Å². The molecule has 1 atom stereocenters. The molecule has 0 radical (unpaired) electrons. The van der Waals surface area contributed by atoms with E-state index in [0.717, 1.165) is 11.3 Å². The van der Waals surface area contributed by atoms with Crippen molar-refractivity contribution in [2.24, 2.45) is 0 Å². The first-order chi connectivity index (χ1) is 13.5. The summed E-state index contributed by atoms with van der Waals surface area (Å²) in [7, 11) is 1.53. The van der Waals surface area contributed by atoms with E-state index in [1.54, 1.807) is 36.4 Å². The minimum Gasteiger partial charge on any atom is -0.507 e. The van der Waals surface area contributed by atoms with Crippen molar-refractivity contribution in [1.82, 2.24) is 10.2 Å². The number of hydrogen-bond donors (Lipinski definition) is 1. The van der Waals surface area contributed by atoms with Gasteiger partial charge < -0.3 is 14.3 Å². The van der Waals surface area contributed by atoms with Gasteiger partial charge in [0.05, 0.1) is 12.7 Å². The summed E-state index contributed by atoms with van der Waals surface area (Å²) in [5.74, 6) is -1.07. The fourth-order valence-corrected chi connectivity index (χ4v) is 3.85. The molecule has 1 unspecified atom stereocenters. The molecule has 1 aliphatic heterocycles. The minimum atomic E-state index is -0.971. The number of amides is 1. The quantitative estimate of drug-likeness (QED) is 0.359. The number of nitrogens with zero attached hydrogens (tertiary/aromatic N) is 3. The third-order valence-electron chi connectivity index (χ3n) is 4.23. The van der Waals surface area contributed by atoms with E-state index in [2.05, 4.69) is 26.1 Å². The van der Waals surface area contributed by atoms with Gasteiger partial charge >= 0.3 is 5.91 Å². The van der Waals surface area contributed by atoms with Gasteiger partial charge in [-0.25, -0.2) is 0 Å². The van der Waals surface area contributed by atoms with Gasteiger partial charge in [-0.1, -0.05) is 11.3 Å². The van der Waals surface area contributed by atoms with Crippen molar-refractivity contribution in [3.05, 3.63) is 63.5 Å². The van der Waals surface area contributed by atoms with Crippen molar-refractivity contribution >= 4 is 49.8 Å². The zero-order chi connectivity index (χ0) is 19.8. The maximum Gasteiger partial charge on any atom is 0.302 e. The van der Waals surface area contributed by atoms with E-state index >= 15 is 0 Å². The lowest BCUT2D eigenvalue weighted by Crippen LogP contribution is -2.29. The number of carbonyl (C=O) groups excluding carboxylic acids is 2. The molecule has 1 fully saturated rings. The molecule has 28 heavy (non-hydrogen) atoms. The van der Waals surface area contributed by atoms with Crippen LogP contribution < -0.4 is 9.64 Å². The van der Waals surface area contributed by atoms with E-state index in [0.29, 0.717) is 21.7 Å². The second-order valence-corrected chi connectivity index (χ2v) is 7.35. The molecule has 1 aromatic carbocycles. The Labute approximate surface area is 171 Å². The number of Topliss-reactive ketones (excluding diaryl/α,β-unsaturated/α-hetero) is 1. The van der Waals surface area contributed by atoms with Gasteiger partial charge in [-0.3, -0.25) is 14.5 Å². The van der Waals surface area contributed by atoms with Crippen molar-refractivity contribution in [3.8, 4) is 5.75 Å². The average molecular weight is 462 g/mol. The highest BCUT2D eigenvalue weighted by atomic mass is 79.9. The third kappa shape index (κ3) is 3.00. The maximum absolute atomic E-state index is 12.8. The second kappa shape index (κ2) is 7.21. The molecule has 1 aliphatic rings. The Hall–Kier alpha value is -2.98. The standard InChI is InChI=1S/C18H12BrN3O5S/c1-26-10-4-2-9(3-5-10)15(23)13-14(11-6-7-12(19)27-11)22(17(25)16(13)24)18-21-20-8-28-18/h2-8,14,23H,1H3/b15-13+. The third-order valence-corrected chi connectivity index (χ3v) is 5.34. The van der Waals surface area contributed by atoms with Gasteiger partial charge in [-0.05, 0) is 52.3 Å². The molecule has 3 heterocycles. The Morgan fingerprint density at radius 3 is 2.57 bits per heavy atom. The van der Waals surface area contributed by atoms with E-state index in [9.17, 15) is 14.7 Å². The average Bonchev–Trinajstić information content (AvgIpc) is 3.43. The number of aliphatic hydroxyl groups excluding tert-OH is 1. The lowest BCUT2D eigenvalue weighted by atomic mass is 9.99. The Bertz CT molecular complexity index is 1080. The predicted molar refractivity (Wildman–Crippen MR) is 104 cm³/mol. The molecule has 1 amide bonds. The van der Waals surface area contributed by atoms with Crippen LogP contribution in [0.2, 0.25) is 0 Å². The second-order valence-electron chi connectivity index (χ2n) is 5.76. The van der Waals surface area contributed by atoms with E-state index in [1.807, 2.05) is 0 Å². The SMILES string of the molecule is COc1ccc(/C(O)=C2\C(=O)C(=O)N(c3nncs3)C2c2ccc(Br)o2)cc1. The van der Waals surface area contributed by atoms with Gasteiger partial charge in [0.1, 0.15) is 28.8 Å². The Morgan fingerprint density at radius 1 is 1.25 bits per heavy atom. The van der Waals surface area contributed by atoms with Crippen LogP contribution >= 0.6 is 27.3 Å². The first-order valence-corrected chi connectivity index (χ1v) is 9.65. The molecule has 8 nitrogen and oxygen atoms in total. The Balaban J connectivity index is 1.90. The lowest BCUT2D eigenvalue weighted by molar-refractivity contribution is -0.132. The molecule has 10 heteroatoms. The van der Waals surface area contributed by atoms with E-state index in [1.165, 1.54) is 17.5 Å². The van der Waals surface area contributed by atoms with Crippen LogP contribution in [0.3, 0.4) is 0 Å². The molecule has 1 saturated heterocycles. The van der Waals surface area contributed by atoms with Crippen LogP contribution in [0.1, 0.15) is 17.4 Å². The van der Waals surface area contributed by atoms with Crippen molar-refractivity contribution in [2.75, 3.05) is 12.0 Å². The number of rotatable bonds is 4. The molecule has 2 aromatic heterocycles. The molecule has 1 N–H and O–H groups in total. The summed E-state index contributed by atoms with van der Waals surface area (Å²) in [6.07, 6.45) is 0. The Kier molecular flexibility index (Phi) is 4.73. The van der Waals surface area contributed by atoms with Gasteiger partial charge in [-0.2, -0.15) is 0 Å². The summed E-state index contributed by atoms with van der Waals surface area (Å²) in [6.45, 7) is 0. The summed E-state index contributed by atoms with van der Waals surface area (Å²) in [5, 5.41) is 18.7. The maximum atomic E-state index is 12.8. The molecule has 0 aliphatic carbocycles. The smallest absolute Gasteiger partial charge is 0.302 e. The van der Waals surface area contributed by atoms with Crippen LogP contribution in [0.4, 0.5) is 5.13 Å².